The highest BCUT2D eigenvalue weighted by molar-refractivity contribution is 5.94. The van der Waals surface area contributed by atoms with E-state index in [1.165, 1.54) is 18.9 Å². The number of halogens is 2. The second kappa shape index (κ2) is 8.76. The van der Waals surface area contributed by atoms with Gasteiger partial charge in [-0.2, -0.15) is 0 Å². The molecule has 2 aromatic carbocycles. The van der Waals surface area contributed by atoms with E-state index < -0.39 is 11.6 Å². The van der Waals surface area contributed by atoms with E-state index in [9.17, 15) is 13.6 Å². The van der Waals surface area contributed by atoms with Crippen LogP contribution in [0.1, 0.15) is 29.6 Å². The highest BCUT2D eigenvalue weighted by atomic mass is 19.1. The Kier molecular flexibility index (Phi) is 6.17. The normalized spacial score (nSPS) is 16.9. The first-order valence-corrected chi connectivity index (χ1v) is 8.84. The largest absolute Gasteiger partial charge is 0.454 e. The molecule has 0 aliphatic carbocycles. The number of piperidine rings is 1. The molecule has 6 heteroatoms. The molecule has 1 heterocycles. The van der Waals surface area contributed by atoms with Gasteiger partial charge in [-0.15, -0.1) is 0 Å². The number of amides is 1. The Hall–Kier alpha value is -2.47. The van der Waals surface area contributed by atoms with Crippen LogP contribution in [0, 0.1) is 17.6 Å². The van der Waals surface area contributed by atoms with Gasteiger partial charge in [-0.3, -0.25) is 4.79 Å². The minimum atomic E-state index is -0.774. The molecule has 26 heavy (non-hydrogen) atoms. The van der Waals surface area contributed by atoms with Crippen LogP contribution in [0.15, 0.2) is 42.5 Å². The lowest BCUT2D eigenvalue weighted by Crippen LogP contribution is -2.33. The van der Waals surface area contributed by atoms with Gasteiger partial charge < -0.3 is 15.4 Å². The molecule has 1 amide bonds. The lowest BCUT2D eigenvalue weighted by atomic mass is 9.96. The first-order valence-electron chi connectivity index (χ1n) is 8.84. The molecule has 0 radical (unpaired) electrons. The molecule has 1 atom stereocenters. The van der Waals surface area contributed by atoms with Crippen LogP contribution in [0.25, 0.3) is 0 Å². The van der Waals surface area contributed by atoms with Crippen molar-refractivity contribution in [2.75, 3.05) is 19.6 Å². The number of rotatable bonds is 6. The predicted molar refractivity (Wildman–Crippen MR) is 95.4 cm³/mol. The van der Waals surface area contributed by atoms with Crippen LogP contribution in [-0.4, -0.2) is 25.5 Å². The van der Waals surface area contributed by atoms with Crippen LogP contribution < -0.4 is 15.4 Å². The molecule has 1 saturated heterocycles. The monoisotopic (exact) mass is 360 g/mol. The van der Waals surface area contributed by atoms with Gasteiger partial charge in [0.25, 0.3) is 5.91 Å². The standard InChI is InChI=1S/C20H22F2N2O2/c21-16-5-8-19(18(22)12-16)26-17-6-3-15(4-7-17)20(25)24-11-9-14-2-1-10-23-13-14/h3-8,12,14,23H,1-2,9-11,13H2,(H,24,25). The Labute approximate surface area is 151 Å². The molecule has 138 valence electrons. The molecule has 0 bridgehead atoms. The van der Waals surface area contributed by atoms with Crippen molar-refractivity contribution in [3.8, 4) is 11.5 Å². The Morgan fingerprint density at radius 2 is 2.00 bits per heavy atom. The Morgan fingerprint density at radius 1 is 1.19 bits per heavy atom. The predicted octanol–water partition coefficient (Wildman–Crippen LogP) is 3.88. The number of carbonyl (C=O) groups is 1. The van der Waals surface area contributed by atoms with Gasteiger partial charge in [-0.05, 0) is 74.7 Å². The van der Waals surface area contributed by atoms with Gasteiger partial charge in [0.2, 0.25) is 0 Å². The van der Waals surface area contributed by atoms with Crippen molar-refractivity contribution in [3.63, 3.8) is 0 Å². The average molecular weight is 360 g/mol. The highest BCUT2D eigenvalue weighted by Crippen LogP contribution is 2.25. The molecule has 2 N–H and O–H groups in total. The summed E-state index contributed by atoms with van der Waals surface area (Å²) in [5, 5.41) is 6.29. The number of carbonyl (C=O) groups excluding carboxylic acids is 1. The van der Waals surface area contributed by atoms with E-state index in [2.05, 4.69) is 10.6 Å². The molecule has 1 fully saturated rings. The Morgan fingerprint density at radius 3 is 2.69 bits per heavy atom. The minimum Gasteiger partial charge on any atom is -0.454 e. The summed E-state index contributed by atoms with van der Waals surface area (Å²) in [5.41, 5.74) is 0.513. The van der Waals surface area contributed by atoms with Gasteiger partial charge in [0, 0.05) is 18.2 Å². The zero-order chi connectivity index (χ0) is 18.4. The molecule has 1 aliphatic rings. The second-order valence-electron chi connectivity index (χ2n) is 6.46. The number of benzene rings is 2. The van der Waals surface area contributed by atoms with Crippen molar-refractivity contribution in [3.05, 3.63) is 59.7 Å². The van der Waals surface area contributed by atoms with Gasteiger partial charge in [0.05, 0.1) is 0 Å². The van der Waals surface area contributed by atoms with Gasteiger partial charge in [-0.1, -0.05) is 0 Å². The number of nitrogens with one attached hydrogen (secondary N) is 2. The lowest BCUT2D eigenvalue weighted by Gasteiger charge is -2.22. The van der Waals surface area contributed by atoms with E-state index in [-0.39, 0.29) is 11.7 Å². The first-order chi connectivity index (χ1) is 12.6. The summed E-state index contributed by atoms with van der Waals surface area (Å²) >= 11 is 0. The fraction of sp³-hybridized carbons (Fsp3) is 0.350. The van der Waals surface area contributed by atoms with Crippen molar-refractivity contribution < 1.29 is 18.3 Å². The molecular formula is C20H22F2N2O2. The number of hydrogen-bond acceptors (Lipinski definition) is 3. The third-order valence-electron chi connectivity index (χ3n) is 4.48. The van der Waals surface area contributed by atoms with Gasteiger partial charge in [0.1, 0.15) is 11.6 Å². The van der Waals surface area contributed by atoms with Gasteiger partial charge >= 0.3 is 0 Å². The second-order valence-corrected chi connectivity index (χ2v) is 6.46. The summed E-state index contributed by atoms with van der Waals surface area (Å²) in [5.74, 6) is -0.654. The highest BCUT2D eigenvalue weighted by Gasteiger charge is 2.13. The summed E-state index contributed by atoms with van der Waals surface area (Å²) in [6.45, 7) is 2.74. The maximum atomic E-state index is 13.6. The van der Waals surface area contributed by atoms with Crippen LogP contribution >= 0.6 is 0 Å². The molecule has 2 aromatic rings. The fourth-order valence-corrected chi connectivity index (χ4v) is 3.02. The van der Waals surface area contributed by atoms with Crippen LogP contribution in [0.5, 0.6) is 11.5 Å². The summed E-state index contributed by atoms with van der Waals surface area (Å²) in [6, 6.07) is 9.53. The Bertz CT molecular complexity index is 744. The average Bonchev–Trinajstić information content (AvgIpc) is 2.65. The Balaban J connectivity index is 1.50. The summed E-state index contributed by atoms with van der Waals surface area (Å²) in [6.07, 6.45) is 3.35. The van der Waals surface area contributed by atoms with Crippen molar-refractivity contribution in [2.45, 2.75) is 19.3 Å². The van der Waals surface area contributed by atoms with Gasteiger partial charge in [-0.25, -0.2) is 8.78 Å². The molecular weight excluding hydrogens is 338 g/mol. The molecule has 4 nitrogen and oxygen atoms in total. The maximum Gasteiger partial charge on any atom is 0.251 e. The molecule has 0 spiro atoms. The van der Waals surface area contributed by atoms with E-state index in [4.69, 9.17) is 4.74 Å². The van der Waals surface area contributed by atoms with E-state index >= 15 is 0 Å². The van der Waals surface area contributed by atoms with E-state index in [0.29, 0.717) is 23.8 Å². The first kappa shape index (κ1) is 18.3. The van der Waals surface area contributed by atoms with Gasteiger partial charge in [0.15, 0.2) is 11.6 Å². The molecule has 3 rings (SSSR count). The zero-order valence-corrected chi connectivity index (χ0v) is 14.4. The van der Waals surface area contributed by atoms with E-state index in [1.807, 2.05) is 0 Å². The lowest BCUT2D eigenvalue weighted by molar-refractivity contribution is 0.0950. The zero-order valence-electron chi connectivity index (χ0n) is 14.4. The van der Waals surface area contributed by atoms with E-state index in [0.717, 1.165) is 31.6 Å². The number of ether oxygens (including phenoxy) is 1. The smallest absolute Gasteiger partial charge is 0.251 e. The topological polar surface area (TPSA) is 50.4 Å². The van der Waals surface area contributed by atoms with E-state index in [1.54, 1.807) is 24.3 Å². The van der Waals surface area contributed by atoms with Crippen LogP contribution in [0.3, 0.4) is 0 Å². The molecule has 0 saturated carbocycles. The van der Waals surface area contributed by atoms with Crippen LogP contribution in [0.4, 0.5) is 8.78 Å². The summed E-state index contributed by atoms with van der Waals surface area (Å²) in [7, 11) is 0. The van der Waals surface area contributed by atoms with Crippen LogP contribution in [0.2, 0.25) is 0 Å². The van der Waals surface area contributed by atoms with Crippen molar-refractivity contribution in [2.24, 2.45) is 5.92 Å². The molecule has 1 aliphatic heterocycles. The van der Waals surface area contributed by atoms with Crippen molar-refractivity contribution in [1.29, 1.82) is 0 Å². The van der Waals surface area contributed by atoms with Crippen LogP contribution in [-0.2, 0) is 0 Å². The minimum absolute atomic E-state index is 0.0651. The fourth-order valence-electron chi connectivity index (χ4n) is 3.02. The maximum absolute atomic E-state index is 13.6. The summed E-state index contributed by atoms with van der Waals surface area (Å²) < 4.78 is 31.9. The number of hydrogen-bond donors (Lipinski definition) is 2. The molecule has 0 aromatic heterocycles. The van der Waals surface area contributed by atoms with Crippen molar-refractivity contribution in [1.82, 2.24) is 10.6 Å². The third-order valence-corrected chi connectivity index (χ3v) is 4.48. The quantitative estimate of drug-likeness (QED) is 0.822. The molecule has 1 unspecified atom stereocenters. The third kappa shape index (κ3) is 5.02. The SMILES string of the molecule is O=C(NCCC1CCCNC1)c1ccc(Oc2ccc(F)cc2F)cc1. The van der Waals surface area contributed by atoms with Crippen molar-refractivity contribution >= 4 is 5.91 Å². The summed E-state index contributed by atoms with van der Waals surface area (Å²) in [4.78, 5) is 12.2.